The molecule has 1 fully saturated rings. The van der Waals surface area contributed by atoms with E-state index in [0.717, 1.165) is 35.4 Å². The summed E-state index contributed by atoms with van der Waals surface area (Å²) in [5, 5.41) is 0. The molecule has 1 heteroatoms. The SMILES string of the molecule is CCCCC1CCC(c2ccc(-c3ccc(-c4ccc(CCC)cc4)cc3F)cc2)CC1. The Labute approximate surface area is 193 Å². The van der Waals surface area contributed by atoms with Gasteiger partial charge in [-0.15, -0.1) is 0 Å². The van der Waals surface area contributed by atoms with Gasteiger partial charge >= 0.3 is 0 Å². The maximum atomic E-state index is 15.0. The van der Waals surface area contributed by atoms with Crippen molar-refractivity contribution >= 4 is 0 Å². The topological polar surface area (TPSA) is 0 Å². The third-order valence-electron chi connectivity index (χ3n) is 7.30. The van der Waals surface area contributed by atoms with Crippen LogP contribution in [0.2, 0.25) is 0 Å². The molecule has 0 unspecified atom stereocenters. The van der Waals surface area contributed by atoms with E-state index in [0.29, 0.717) is 11.5 Å². The van der Waals surface area contributed by atoms with Crippen LogP contribution in [0.3, 0.4) is 0 Å². The summed E-state index contributed by atoms with van der Waals surface area (Å²) in [6.07, 6.45) is 11.6. The molecule has 0 saturated heterocycles. The second-order valence-corrected chi connectivity index (χ2v) is 9.62. The van der Waals surface area contributed by atoms with Gasteiger partial charge in [0.25, 0.3) is 0 Å². The molecule has 1 aliphatic carbocycles. The van der Waals surface area contributed by atoms with Gasteiger partial charge in [0.05, 0.1) is 0 Å². The first kappa shape index (κ1) is 22.8. The van der Waals surface area contributed by atoms with Crippen molar-refractivity contribution in [1.82, 2.24) is 0 Å². The zero-order valence-corrected chi connectivity index (χ0v) is 19.7. The normalized spacial score (nSPS) is 18.6. The Morgan fingerprint density at radius 3 is 2.00 bits per heavy atom. The molecule has 0 radical (unpaired) electrons. The summed E-state index contributed by atoms with van der Waals surface area (Å²) in [6.45, 7) is 4.47. The van der Waals surface area contributed by atoms with Crippen molar-refractivity contribution in [3.8, 4) is 22.3 Å². The van der Waals surface area contributed by atoms with E-state index in [2.05, 4.69) is 62.4 Å². The lowest BCUT2D eigenvalue weighted by atomic mass is 9.77. The minimum absolute atomic E-state index is 0.149. The average Bonchev–Trinajstić information content (AvgIpc) is 2.84. The summed E-state index contributed by atoms with van der Waals surface area (Å²) in [5.74, 6) is 1.45. The molecule has 0 amide bonds. The van der Waals surface area contributed by atoms with E-state index in [9.17, 15) is 0 Å². The second-order valence-electron chi connectivity index (χ2n) is 9.62. The van der Waals surface area contributed by atoms with Gasteiger partial charge in [0, 0.05) is 5.56 Å². The number of hydrogen-bond acceptors (Lipinski definition) is 0. The molecule has 168 valence electrons. The summed E-state index contributed by atoms with van der Waals surface area (Å²) in [7, 11) is 0. The zero-order valence-electron chi connectivity index (χ0n) is 19.7. The Hall–Kier alpha value is -2.41. The van der Waals surface area contributed by atoms with Gasteiger partial charge in [-0.2, -0.15) is 0 Å². The molecule has 0 bridgehead atoms. The lowest BCUT2D eigenvalue weighted by Gasteiger charge is -2.29. The van der Waals surface area contributed by atoms with Crippen molar-refractivity contribution in [2.75, 3.05) is 0 Å². The van der Waals surface area contributed by atoms with Gasteiger partial charge in [0.1, 0.15) is 5.82 Å². The number of aryl methyl sites for hydroxylation is 1. The van der Waals surface area contributed by atoms with Crippen LogP contribution in [-0.2, 0) is 6.42 Å². The first-order valence-corrected chi connectivity index (χ1v) is 12.7. The van der Waals surface area contributed by atoms with Crippen LogP contribution in [0, 0.1) is 11.7 Å². The Bertz CT molecular complexity index is 976. The molecule has 1 saturated carbocycles. The van der Waals surface area contributed by atoms with Crippen molar-refractivity contribution in [3.05, 3.63) is 83.7 Å². The molecule has 0 N–H and O–H groups in total. The average molecular weight is 429 g/mol. The summed E-state index contributed by atoms with van der Waals surface area (Å²) in [5.41, 5.74) is 6.42. The Balaban J connectivity index is 1.43. The van der Waals surface area contributed by atoms with Gasteiger partial charge < -0.3 is 0 Å². The molecule has 4 rings (SSSR count). The maximum absolute atomic E-state index is 15.0. The highest BCUT2D eigenvalue weighted by molar-refractivity contribution is 5.71. The molecule has 32 heavy (non-hydrogen) atoms. The number of halogens is 1. The summed E-state index contributed by atoms with van der Waals surface area (Å²) >= 11 is 0. The largest absolute Gasteiger partial charge is 0.206 e. The van der Waals surface area contributed by atoms with Gasteiger partial charge in [-0.3, -0.25) is 0 Å². The van der Waals surface area contributed by atoms with E-state index in [4.69, 9.17) is 0 Å². The van der Waals surface area contributed by atoms with Crippen LogP contribution in [0.4, 0.5) is 4.39 Å². The quantitative estimate of drug-likeness (QED) is 0.335. The van der Waals surface area contributed by atoms with Crippen molar-refractivity contribution in [3.63, 3.8) is 0 Å². The number of hydrogen-bond donors (Lipinski definition) is 0. The van der Waals surface area contributed by atoms with Crippen molar-refractivity contribution in [2.45, 2.75) is 77.6 Å². The van der Waals surface area contributed by atoms with Gasteiger partial charge in [0.2, 0.25) is 0 Å². The molecule has 0 aliphatic heterocycles. The highest BCUT2D eigenvalue weighted by Crippen LogP contribution is 2.38. The fourth-order valence-corrected chi connectivity index (χ4v) is 5.29. The third-order valence-corrected chi connectivity index (χ3v) is 7.30. The minimum Gasteiger partial charge on any atom is -0.206 e. The third kappa shape index (κ3) is 5.49. The van der Waals surface area contributed by atoms with Crippen LogP contribution < -0.4 is 0 Å². The fraction of sp³-hybridized carbons (Fsp3) is 0.419. The second kappa shape index (κ2) is 10.9. The van der Waals surface area contributed by atoms with E-state index in [1.807, 2.05) is 12.1 Å². The van der Waals surface area contributed by atoms with Crippen molar-refractivity contribution in [1.29, 1.82) is 0 Å². The molecular formula is C31H37F. The van der Waals surface area contributed by atoms with E-state index in [1.54, 1.807) is 6.07 Å². The maximum Gasteiger partial charge on any atom is 0.131 e. The molecule has 0 heterocycles. The molecule has 3 aromatic rings. The lowest BCUT2D eigenvalue weighted by Crippen LogP contribution is -2.13. The van der Waals surface area contributed by atoms with E-state index in [-0.39, 0.29) is 5.82 Å². The van der Waals surface area contributed by atoms with Crippen LogP contribution in [0.5, 0.6) is 0 Å². The smallest absolute Gasteiger partial charge is 0.131 e. The number of unbranched alkanes of at least 4 members (excludes halogenated alkanes) is 1. The Kier molecular flexibility index (Phi) is 7.79. The van der Waals surface area contributed by atoms with E-state index in [1.165, 1.54) is 56.1 Å². The molecule has 0 nitrogen and oxygen atoms in total. The van der Waals surface area contributed by atoms with Gasteiger partial charge in [0.15, 0.2) is 0 Å². The molecule has 0 atom stereocenters. The highest BCUT2D eigenvalue weighted by atomic mass is 19.1. The molecule has 3 aromatic carbocycles. The van der Waals surface area contributed by atoms with Crippen LogP contribution in [-0.4, -0.2) is 0 Å². The van der Waals surface area contributed by atoms with Gasteiger partial charge in [-0.1, -0.05) is 100 Å². The number of rotatable bonds is 8. The Morgan fingerprint density at radius 1 is 0.719 bits per heavy atom. The van der Waals surface area contributed by atoms with Crippen molar-refractivity contribution in [2.24, 2.45) is 5.92 Å². The summed E-state index contributed by atoms with van der Waals surface area (Å²) in [4.78, 5) is 0. The molecular weight excluding hydrogens is 391 g/mol. The standard InChI is InChI=1S/C31H37F/c1-3-5-7-24-10-12-25(13-11-24)26-16-18-28(19-17-26)30-21-20-29(22-31(30)32)27-14-8-23(6-4-2)9-15-27/h8-9,14-22,24-25H,3-7,10-13H2,1-2H3. The van der Waals surface area contributed by atoms with Crippen LogP contribution in [0.25, 0.3) is 22.3 Å². The first-order valence-electron chi connectivity index (χ1n) is 12.7. The minimum atomic E-state index is -0.149. The first-order chi connectivity index (χ1) is 15.7. The Morgan fingerprint density at radius 2 is 1.38 bits per heavy atom. The summed E-state index contributed by atoms with van der Waals surface area (Å²) < 4.78 is 15.0. The van der Waals surface area contributed by atoms with Gasteiger partial charge in [-0.25, -0.2) is 4.39 Å². The summed E-state index contributed by atoms with van der Waals surface area (Å²) in [6, 6.07) is 22.8. The van der Waals surface area contributed by atoms with E-state index < -0.39 is 0 Å². The monoisotopic (exact) mass is 428 g/mol. The predicted molar refractivity (Wildman–Crippen MR) is 135 cm³/mol. The van der Waals surface area contributed by atoms with Crippen molar-refractivity contribution < 1.29 is 4.39 Å². The van der Waals surface area contributed by atoms with Crippen LogP contribution in [0.15, 0.2) is 66.7 Å². The lowest BCUT2D eigenvalue weighted by molar-refractivity contribution is 0.304. The van der Waals surface area contributed by atoms with Crippen LogP contribution in [0.1, 0.15) is 82.3 Å². The zero-order chi connectivity index (χ0) is 22.3. The molecule has 1 aliphatic rings. The molecule has 0 aromatic heterocycles. The van der Waals surface area contributed by atoms with Crippen LogP contribution >= 0.6 is 0 Å². The highest BCUT2D eigenvalue weighted by Gasteiger charge is 2.22. The molecule has 0 spiro atoms. The number of benzene rings is 3. The van der Waals surface area contributed by atoms with E-state index >= 15 is 4.39 Å². The fourth-order valence-electron chi connectivity index (χ4n) is 5.29. The van der Waals surface area contributed by atoms with Gasteiger partial charge in [-0.05, 0) is 77.8 Å². The predicted octanol–water partition coefficient (Wildman–Crippen LogP) is 9.58.